The van der Waals surface area contributed by atoms with Crippen LogP contribution in [0, 0.1) is 0 Å². The van der Waals surface area contributed by atoms with Gasteiger partial charge in [-0.1, -0.05) is 6.07 Å². The van der Waals surface area contributed by atoms with E-state index in [1.165, 1.54) is 0 Å². The Hall–Kier alpha value is -3.09. The van der Waals surface area contributed by atoms with E-state index in [0.29, 0.717) is 22.6 Å². The van der Waals surface area contributed by atoms with Gasteiger partial charge in [0.2, 0.25) is 0 Å². The highest BCUT2D eigenvalue weighted by Crippen LogP contribution is 2.23. The smallest absolute Gasteiger partial charge is 0.261 e. The Morgan fingerprint density at radius 3 is 2.87 bits per heavy atom. The van der Waals surface area contributed by atoms with Crippen molar-refractivity contribution in [1.82, 2.24) is 14.6 Å². The van der Waals surface area contributed by atoms with E-state index >= 15 is 0 Å². The molecule has 0 saturated heterocycles. The highest BCUT2D eigenvalue weighted by atomic mass is 16.1. The third-order valence-electron chi connectivity index (χ3n) is 3.28. The second-order valence-electron chi connectivity index (χ2n) is 5.44. The number of rotatable bonds is 4. The molecule has 7 nitrogen and oxygen atoms in total. The molecule has 0 atom stereocenters. The van der Waals surface area contributed by atoms with Gasteiger partial charge in [0, 0.05) is 18.4 Å². The third-order valence-corrected chi connectivity index (χ3v) is 3.28. The van der Waals surface area contributed by atoms with Gasteiger partial charge in [-0.25, -0.2) is 9.50 Å². The van der Waals surface area contributed by atoms with Crippen LogP contribution in [-0.2, 0) is 0 Å². The maximum Gasteiger partial charge on any atom is 0.261 e. The fourth-order valence-corrected chi connectivity index (χ4v) is 2.33. The van der Waals surface area contributed by atoms with Crippen molar-refractivity contribution in [2.24, 2.45) is 0 Å². The Kier molecular flexibility index (Phi) is 3.84. The molecule has 0 aliphatic rings. The molecule has 0 aliphatic carbocycles. The minimum atomic E-state index is -0.316. The first-order chi connectivity index (χ1) is 11.1. The van der Waals surface area contributed by atoms with Gasteiger partial charge in [0.15, 0.2) is 5.82 Å². The van der Waals surface area contributed by atoms with Gasteiger partial charge < -0.3 is 16.4 Å². The molecule has 0 bridgehead atoms. The van der Waals surface area contributed by atoms with E-state index in [-0.39, 0.29) is 17.8 Å². The Bertz CT molecular complexity index is 855. The number of fused-ring (bicyclic) bond motifs is 1. The number of nitrogen functional groups attached to an aromatic ring is 1. The van der Waals surface area contributed by atoms with Crippen molar-refractivity contribution in [2.75, 3.05) is 16.4 Å². The Morgan fingerprint density at radius 1 is 1.26 bits per heavy atom. The summed E-state index contributed by atoms with van der Waals surface area (Å²) in [6.45, 7) is 4.01. The van der Waals surface area contributed by atoms with Crippen molar-refractivity contribution < 1.29 is 4.79 Å². The zero-order valence-electron chi connectivity index (χ0n) is 12.9. The lowest BCUT2D eigenvalue weighted by atomic mass is 10.2. The molecule has 0 aromatic carbocycles. The summed E-state index contributed by atoms with van der Waals surface area (Å²) in [4.78, 5) is 16.9. The van der Waals surface area contributed by atoms with Crippen molar-refractivity contribution in [1.29, 1.82) is 0 Å². The van der Waals surface area contributed by atoms with E-state index < -0.39 is 0 Å². The molecule has 0 saturated carbocycles. The first-order valence-electron chi connectivity index (χ1n) is 7.32. The zero-order chi connectivity index (χ0) is 16.4. The van der Waals surface area contributed by atoms with Crippen LogP contribution in [0.25, 0.3) is 5.52 Å². The standard InChI is InChI=1S/C16H18N6O/c1-10(2)19-15-11(6-5-8-18-15)20-16(23)13-12-7-3-4-9-22(12)21-14(13)17/h3-10H,1-2H3,(H2,17,21)(H,18,19)(H,20,23). The zero-order valence-corrected chi connectivity index (χ0v) is 12.9. The Labute approximate surface area is 133 Å². The summed E-state index contributed by atoms with van der Waals surface area (Å²) in [6, 6.07) is 9.21. The van der Waals surface area contributed by atoms with Crippen LogP contribution in [0.4, 0.5) is 17.3 Å². The second-order valence-corrected chi connectivity index (χ2v) is 5.44. The van der Waals surface area contributed by atoms with E-state index in [9.17, 15) is 4.79 Å². The maximum absolute atomic E-state index is 12.6. The number of nitrogens with zero attached hydrogens (tertiary/aromatic N) is 3. The lowest BCUT2D eigenvalue weighted by molar-refractivity contribution is 0.102. The van der Waals surface area contributed by atoms with Gasteiger partial charge in [-0.15, -0.1) is 5.10 Å². The number of pyridine rings is 2. The minimum Gasteiger partial charge on any atom is -0.382 e. The SMILES string of the molecule is CC(C)Nc1ncccc1NC(=O)c1c(N)nn2ccccc12. The van der Waals surface area contributed by atoms with Gasteiger partial charge >= 0.3 is 0 Å². The number of aromatic nitrogens is 3. The molecule has 1 amide bonds. The molecule has 0 aliphatic heterocycles. The van der Waals surface area contributed by atoms with Crippen LogP contribution in [0.3, 0.4) is 0 Å². The van der Waals surface area contributed by atoms with Gasteiger partial charge in [0.25, 0.3) is 5.91 Å². The predicted molar refractivity (Wildman–Crippen MR) is 90.6 cm³/mol. The van der Waals surface area contributed by atoms with Gasteiger partial charge in [-0.3, -0.25) is 4.79 Å². The number of hydrogen-bond donors (Lipinski definition) is 3. The summed E-state index contributed by atoms with van der Waals surface area (Å²) in [5.41, 5.74) is 7.51. The molecule has 0 unspecified atom stereocenters. The van der Waals surface area contributed by atoms with Gasteiger partial charge in [0.1, 0.15) is 11.4 Å². The molecule has 23 heavy (non-hydrogen) atoms. The molecular weight excluding hydrogens is 292 g/mol. The summed E-state index contributed by atoms with van der Waals surface area (Å²) in [5.74, 6) is 0.491. The first-order valence-corrected chi connectivity index (χ1v) is 7.32. The third kappa shape index (κ3) is 2.94. The minimum absolute atomic E-state index is 0.191. The number of anilines is 3. The average Bonchev–Trinajstić information content (AvgIpc) is 2.84. The van der Waals surface area contributed by atoms with Crippen LogP contribution in [-0.4, -0.2) is 26.5 Å². The number of nitrogens with two attached hydrogens (primary N) is 1. The van der Waals surface area contributed by atoms with Crippen LogP contribution in [0.2, 0.25) is 0 Å². The topological polar surface area (TPSA) is 97.3 Å². The summed E-state index contributed by atoms with van der Waals surface area (Å²) in [5, 5.41) is 10.2. The van der Waals surface area contributed by atoms with Crippen molar-refractivity contribution in [3.8, 4) is 0 Å². The molecule has 3 rings (SSSR count). The van der Waals surface area contributed by atoms with Crippen LogP contribution < -0.4 is 16.4 Å². The monoisotopic (exact) mass is 310 g/mol. The second kappa shape index (κ2) is 5.96. The maximum atomic E-state index is 12.6. The van der Waals surface area contributed by atoms with E-state index in [2.05, 4.69) is 20.7 Å². The fourth-order valence-electron chi connectivity index (χ4n) is 2.33. The van der Waals surface area contributed by atoms with Crippen molar-refractivity contribution in [3.63, 3.8) is 0 Å². The molecule has 118 valence electrons. The summed E-state index contributed by atoms with van der Waals surface area (Å²) in [7, 11) is 0. The molecule has 0 spiro atoms. The lowest BCUT2D eigenvalue weighted by Crippen LogP contribution is -2.17. The number of hydrogen-bond acceptors (Lipinski definition) is 5. The molecule has 3 aromatic heterocycles. The number of carbonyl (C=O) groups is 1. The van der Waals surface area contributed by atoms with Gasteiger partial charge in [-0.2, -0.15) is 0 Å². The first kappa shape index (κ1) is 14.8. The van der Waals surface area contributed by atoms with Gasteiger partial charge in [0.05, 0.1) is 11.2 Å². The number of carbonyl (C=O) groups excluding carboxylic acids is 1. The summed E-state index contributed by atoms with van der Waals surface area (Å²) < 4.78 is 1.58. The van der Waals surface area contributed by atoms with Crippen LogP contribution in [0.5, 0.6) is 0 Å². The van der Waals surface area contributed by atoms with E-state index in [1.807, 2.05) is 26.0 Å². The normalized spacial score (nSPS) is 10.9. The van der Waals surface area contributed by atoms with Crippen molar-refractivity contribution >= 4 is 28.7 Å². The highest BCUT2D eigenvalue weighted by molar-refractivity contribution is 6.13. The van der Waals surface area contributed by atoms with Crippen LogP contribution >= 0.6 is 0 Å². The summed E-state index contributed by atoms with van der Waals surface area (Å²) >= 11 is 0. The highest BCUT2D eigenvalue weighted by Gasteiger charge is 2.19. The van der Waals surface area contributed by atoms with E-state index in [0.717, 1.165) is 0 Å². The van der Waals surface area contributed by atoms with Crippen molar-refractivity contribution in [2.45, 2.75) is 19.9 Å². The molecular formula is C16H18N6O. The number of amides is 1. The van der Waals surface area contributed by atoms with E-state index in [1.54, 1.807) is 35.1 Å². The van der Waals surface area contributed by atoms with Crippen molar-refractivity contribution in [3.05, 3.63) is 48.3 Å². The lowest BCUT2D eigenvalue weighted by Gasteiger charge is -2.14. The average molecular weight is 310 g/mol. The molecule has 0 radical (unpaired) electrons. The Morgan fingerprint density at radius 2 is 2.09 bits per heavy atom. The quantitative estimate of drug-likeness (QED) is 0.687. The molecule has 0 fully saturated rings. The molecule has 7 heteroatoms. The van der Waals surface area contributed by atoms with E-state index in [4.69, 9.17) is 5.73 Å². The largest absolute Gasteiger partial charge is 0.382 e. The van der Waals surface area contributed by atoms with Gasteiger partial charge in [-0.05, 0) is 38.1 Å². The van der Waals surface area contributed by atoms with Crippen LogP contribution in [0.1, 0.15) is 24.2 Å². The molecule has 4 N–H and O–H groups in total. The Balaban J connectivity index is 1.94. The summed E-state index contributed by atoms with van der Waals surface area (Å²) in [6.07, 6.45) is 3.42. The predicted octanol–water partition coefficient (Wildman–Crippen LogP) is 2.38. The fraction of sp³-hybridized carbons (Fsp3) is 0.188. The van der Waals surface area contributed by atoms with Crippen LogP contribution in [0.15, 0.2) is 42.7 Å². The molecule has 3 heterocycles. The number of nitrogens with one attached hydrogen (secondary N) is 2. The molecule has 3 aromatic rings.